The second-order valence-electron chi connectivity index (χ2n) is 6.33. The van der Waals surface area contributed by atoms with E-state index in [1.54, 1.807) is 35.9 Å². The van der Waals surface area contributed by atoms with Crippen LogP contribution in [-0.2, 0) is 6.61 Å². The molecule has 4 rings (SSSR count). The number of rotatable bonds is 5. The third-order valence-corrected chi connectivity index (χ3v) is 4.89. The second kappa shape index (κ2) is 8.04. The molecule has 0 fully saturated rings. The molecule has 2 heterocycles. The fraction of sp³-hybridized carbons (Fsp3) is 0.0909. The summed E-state index contributed by atoms with van der Waals surface area (Å²) in [5.41, 5.74) is 3.81. The number of hydrogen-bond acceptors (Lipinski definition) is 4. The average Bonchev–Trinajstić information content (AvgIpc) is 3.17. The zero-order valence-corrected chi connectivity index (χ0v) is 16.9. The standard InChI is InChI=1S/C22H15Cl2N3O2/c1-28-21-8-16(19-12-27-11-17(23)9-18(24)22(27)26-19)6-7-20(21)29-13-15-4-2-14(10-25)3-5-15/h2-9,11-12H,13H2,1H3. The summed E-state index contributed by atoms with van der Waals surface area (Å²) in [4.78, 5) is 4.59. The summed E-state index contributed by atoms with van der Waals surface area (Å²) >= 11 is 12.3. The first-order valence-corrected chi connectivity index (χ1v) is 9.47. The van der Waals surface area contributed by atoms with Crippen LogP contribution in [0.2, 0.25) is 10.0 Å². The number of methoxy groups -OCH3 is 1. The van der Waals surface area contributed by atoms with Gasteiger partial charge < -0.3 is 13.9 Å². The Morgan fingerprint density at radius 2 is 1.83 bits per heavy atom. The van der Waals surface area contributed by atoms with Gasteiger partial charge in [0.25, 0.3) is 0 Å². The Bertz CT molecular complexity index is 1230. The Morgan fingerprint density at radius 3 is 2.55 bits per heavy atom. The molecule has 0 bridgehead atoms. The number of imidazole rings is 1. The van der Waals surface area contributed by atoms with Crippen molar-refractivity contribution in [3.05, 3.63) is 82.1 Å². The summed E-state index contributed by atoms with van der Waals surface area (Å²) in [5.74, 6) is 1.21. The van der Waals surface area contributed by atoms with E-state index in [0.29, 0.717) is 39.4 Å². The molecule has 5 nitrogen and oxygen atoms in total. The summed E-state index contributed by atoms with van der Waals surface area (Å²) < 4.78 is 13.2. The Kier molecular flexibility index (Phi) is 5.30. The minimum atomic E-state index is 0.365. The molecule has 7 heteroatoms. The molecule has 0 spiro atoms. The molecule has 0 aliphatic carbocycles. The van der Waals surface area contributed by atoms with Gasteiger partial charge in [-0.15, -0.1) is 0 Å². The van der Waals surface area contributed by atoms with E-state index < -0.39 is 0 Å². The lowest BCUT2D eigenvalue weighted by molar-refractivity contribution is 0.284. The maximum atomic E-state index is 8.88. The zero-order valence-electron chi connectivity index (χ0n) is 15.4. The Hall–Kier alpha value is -3.20. The highest BCUT2D eigenvalue weighted by molar-refractivity contribution is 6.36. The van der Waals surface area contributed by atoms with Crippen LogP contribution in [0.15, 0.2) is 60.9 Å². The topological polar surface area (TPSA) is 59.6 Å². The van der Waals surface area contributed by atoms with Crippen LogP contribution in [0.1, 0.15) is 11.1 Å². The number of aromatic nitrogens is 2. The quantitative estimate of drug-likeness (QED) is 0.408. The molecule has 0 unspecified atom stereocenters. The molecule has 29 heavy (non-hydrogen) atoms. The summed E-state index contributed by atoms with van der Waals surface area (Å²) in [7, 11) is 1.59. The lowest BCUT2D eigenvalue weighted by Crippen LogP contribution is -1.98. The zero-order chi connectivity index (χ0) is 20.4. The first-order chi connectivity index (χ1) is 14.1. The Balaban J connectivity index is 1.59. The van der Waals surface area contributed by atoms with E-state index in [9.17, 15) is 0 Å². The van der Waals surface area contributed by atoms with Crippen molar-refractivity contribution >= 4 is 28.8 Å². The van der Waals surface area contributed by atoms with Crippen LogP contribution >= 0.6 is 23.2 Å². The second-order valence-corrected chi connectivity index (χ2v) is 7.17. The van der Waals surface area contributed by atoms with Gasteiger partial charge in [-0.25, -0.2) is 4.98 Å². The van der Waals surface area contributed by atoms with E-state index in [4.69, 9.17) is 37.9 Å². The number of nitrogens with zero attached hydrogens (tertiary/aromatic N) is 3. The highest BCUT2D eigenvalue weighted by Crippen LogP contribution is 2.33. The lowest BCUT2D eigenvalue weighted by atomic mass is 10.1. The van der Waals surface area contributed by atoms with Crippen molar-refractivity contribution in [3.63, 3.8) is 0 Å². The van der Waals surface area contributed by atoms with Crippen molar-refractivity contribution in [3.8, 4) is 28.8 Å². The van der Waals surface area contributed by atoms with Crippen molar-refractivity contribution in [1.82, 2.24) is 9.38 Å². The number of benzene rings is 2. The van der Waals surface area contributed by atoms with Gasteiger partial charge >= 0.3 is 0 Å². The molecule has 0 atom stereocenters. The molecule has 2 aromatic heterocycles. The number of hydrogen-bond donors (Lipinski definition) is 0. The van der Waals surface area contributed by atoms with Gasteiger partial charge in [-0.3, -0.25) is 0 Å². The van der Waals surface area contributed by atoms with Gasteiger partial charge in [-0.05, 0) is 42.0 Å². The molecule has 0 N–H and O–H groups in total. The van der Waals surface area contributed by atoms with Crippen LogP contribution in [0.3, 0.4) is 0 Å². The third kappa shape index (κ3) is 4.00. The molecule has 0 aliphatic rings. The van der Waals surface area contributed by atoms with Gasteiger partial charge in [0.2, 0.25) is 0 Å². The fourth-order valence-corrected chi connectivity index (χ4v) is 3.47. The number of halogens is 2. The lowest BCUT2D eigenvalue weighted by Gasteiger charge is -2.12. The van der Waals surface area contributed by atoms with E-state index in [1.807, 2.05) is 36.5 Å². The number of nitriles is 1. The van der Waals surface area contributed by atoms with Crippen molar-refractivity contribution in [2.24, 2.45) is 0 Å². The van der Waals surface area contributed by atoms with E-state index in [-0.39, 0.29) is 0 Å². The van der Waals surface area contributed by atoms with Crippen LogP contribution in [0.25, 0.3) is 16.9 Å². The first kappa shape index (κ1) is 19.1. The van der Waals surface area contributed by atoms with Gasteiger partial charge in [-0.2, -0.15) is 5.26 Å². The largest absolute Gasteiger partial charge is 0.493 e. The average molecular weight is 424 g/mol. The smallest absolute Gasteiger partial charge is 0.161 e. The van der Waals surface area contributed by atoms with E-state index in [0.717, 1.165) is 16.8 Å². The normalized spacial score (nSPS) is 10.7. The first-order valence-electron chi connectivity index (χ1n) is 8.71. The summed E-state index contributed by atoms with van der Waals surface area (Å²) in [6, 6.07) is 16.6. The van der Waals surface area contributed by atoms with Gasteiger partial charge in [0.15, 0.2) is 17.1 Å². The van der Waals surface area contributed by atoms with Crippen LogP contribution in [0.4, 0.5) is 0 Å². The molecule has 0 saturated carbocycles. The minimum absolute atomic E-state index is 0.365. The highest BCUT2D eigenvalue weighted by Gasteiger charge is 2.12. The van der Waals surface area contributed by atoms with E-state index in [1.165, 1.54) is 0 Å². The van der Waals surface area contributed by atoms with Crippen molar-refractivity contribution in [2.75, 3.05) is 7.11 Å². The molecule has 0 aliphatic heterocycles. The number of ether oxygens (including phenoxy) is 2. The summed E-state index contributed by atoms with van der Waals surface area (Å²) in [5, 5.41) is 9.90. The van der Waals surface area contributed by atoms with Crippen molar-refractivity contribution < 1.29 is 9.47 Å². The minimum Gasteiger partial charge on any atom is -0.493 e. The summed E-state index contributed by atoms with van der Waals surface area (Å²) in [6.45, 7) is 0.365. The van der Waals surface area contributed by atoms with Gasteiger partial charge in [0.1, 0.15) is 6.61 Å². The van der Waals surface area contributed by atoms with Crippen molar-refractivity contribution in [2.45, 2.75) is 6.61 Å². The highest BCUT2D eigenvalue weighted by atomic mass is 35.5. The molecule has 0 saturated heterocycles. The maximum Gasteiger partial charge on any atom is 0.161 e. The fourth-order valence-electron chi connectivity index (χ4n) is 2.95. The number of fused-ring (bicyclic) bond motifs is 1. The van der Waals surface area contributed by atoms with Gasteiger partial charge in [0.05, 0.1) is 34.5 Å². The third-order valence-electron chi connectivity index (χ3n) is 4.41. The molecule has 2 aromatic carbocycles. The van der Waals surface area contributed by atoms with Crippen LogP contribution in [0, 0.1) is 11.3 Å². The predicted molar refractivity (Wildman–Crippen MR) is 113 cm³/mol. The molecule has 0 radical (unpaired) electrons. The predicted octanol–water partition coefficient (Wildman–Crippen LogP) is 5.77. The SMILES string of the molecule is COc1cc(-c2cn3cc(Cl)cc(Cl)c3n2)ccc1OCc1ccc(C#N)cc1. The van der Waals surface area contributed by atoms with Gasteiger partial charge in [0, 0.05) is 18.0 Å². The van der Waals surface area contributed by atoms with E-state index in [2.05, 4.69) is 11.1 Å². The summed E-state index contributed by atoms with van der Waals surface area (Å²) in [6.07, 6.45) is 3.62. The molecule has 0 amide bonds. The molecule has 4 aromatic rings. The Labute approximate surface area is 177 Å². The molecular formula is C22H15Cl2N3O2. The molecular weight excluding hydrogens is 409 g/mol. The monoisotopic (exact) mass is 423 g/mol. The molecule has 144 valence electrons. The Morgan fingerprint density at radius 1 is 1.03 bits per heavy atom. The maximum absolute atomic E-state index is 8.88. The van der Waals surface area contributed by atoms with Crippen molar-refractivity contribution in [1.29, 1.82) is 5.26 Å². The van der Waals surface area contributed by atoms with Gasteiger partial charge in [-0.1, -0.05) is 35.3 Å². The van der Waals surface area contributed by atoms with Crippen LogP contribution in [-0.4, -0.2) is 16.5 Å². The van der Waals surface area contributed by atoms with Crippen LogP contribution < -0.4 is 9.47 Å². The number of pyridine rings is 1. The van der Waals surface area contributed by atoms with E-state index >= 15 is 0 Å². The van der Waals surface area contributed by atoms with Crippen LogP contribution in [0.5, 0.6) is 11.5 Å².